The van der Waals surface area contributed by atoms with E-state index in [2.05, 4.69) is 15.3 Å². The van der Waals surface area contributed by atoms with Crippen LogP contribution in [0.4, 0.5) is 4.79 Å². The monoisotopic (exact) mass is 308 g/mol. The quantitative estimate of drug-likeness (QED) is 0.497. The number of nitrogens with zero attached hydrogens (tertiary/aromatic N) is 3. The maximum atomic E-state index is 10.8. The Balaban J connectivity index is 2.24. The molecule has 0 bridgehead atoms. The van der Waals surface area contributed by atoms with Gasteiger partial charge in [0, 0.05) is 27.9 Å². The number of amides is 1. The summed E-state index contributed by atoms with van der Waals surface area (Å²) in [6.07, 6.45) is 1.98. The van der Waals surface area contributed by atoms with Crippen LogP contribution in [0.25, 0.3) is 10.4 Å². The number of benzene rings is 1. The maximum Gasteiger partial charge on any atom is 0.404 e. The van der Waals surface area contributed by atoms with Crippen LogP contribution in [-0.2, 0) is 5.41 Å². The third-order valence-corrected chi connectivity index (χ3v) is 4.38. The number of carboxylic acid groups (broad SMARTS) is 1. The SMILES string of the molecule is [N-]=[N+]=N[C@H]1CC[C@@](CNC(=O)O)(c2cccc(Cl)c2)CC1. The van der Waals surface area contributed by atoms with Crippen molar-refractivity contribution in [3.63, 3.8) is 0 Å². The fourth-order valence-electron chi connectivity index (χ4n) is 2.97. The molecular formula is C14H17ClN4O2. The van der Waals surface area contributed by atoms with Gasteiger partial charge in [0.15, 0.2) is 0 Å². The van der Waals surface area contributed by atoms with Gasteiger partial charge in [0.2, 0.25) is 0 Å². The van der Waals surface area contributed by atoms with Crippen LogP contribution in [0.15, 0.2) is 29.4 Å². The predicted octanol–water partition coefficient (Wildman–Crippen LogP) is 4.10. The zero-order chi connectivity index (χ0) is 15.3. The predicted molar refractivity (Wildman–Crippen MR) is 80.6 cm³/mol. The second kappa shape index (κ2) is 6.70. The summed E-state index contributed by atoms with van der Waals surface area (Å²) in [6, 6.07) is 7.53. The van der Waals surface area contributed by atoms with E-state index in [1.165, 1.54) is 0 Å². The molecule has 1 fully saturated rings. The van der Waals surface area contributed by atoms with E-state index in [0.29, 0.717) is 11.6 Å². The van der Waals surface area contributed by atoms with Gasteiger partial charge >= 0.3 is 6.09 Å². The molecule has 0 radical (unpaired) electrons. The summed E-state index contributed by atoms with van der Waals surface area (Å²) in [7, 11) is 0. The summed E-state index contributed by atoms with van der Waals surface area (Å²) in [6.45, 7) is 0.339. The van der Waals surface area contributed by atoms with Crippen LogP contribution in [0.5, 0.6) is 0 Å². The standard InChI is InChI=1S/C14H17ClN4O2/c15-11-3-1-2-10(8-11)14(9-17-13(20)21)6-4-12(5-7-14)18-19-16/h1-3,8,12,17H,4-7,9H2,(H,20,21)/t12-,14+. The van der Waals surface area contributed by atoms with E-state index >= 15 is 0 Å². The van der Waals surface area contributed by atoms with Crippen LogP contribution in [0.3, 0.4) is 0 Å². The highest BCUT2D eigenvalue weighted by Crippen LogP contribution is 2.40. The minimum atomic E-state index is -1.03. The summed E-state index contributed by atoms with van der Waals surface area (Å²) >= 11 is 6.06. The fourth-order valence-corrected chi connectivity index (χ4v) is 3.16. The second-order valence-corrected chi connectivity index (χ2v) is 5.82. The van der Waals surface area contributed by atoms with Gasteiger partial charge in [-0.3, -0.25) is 0 Å². The first-order valence-corrected chi connectivity index (χ1v) is 7.20. The first-order valence-electron chi connectivity index (χ1n) is 6.83. The largest absolute Gasteiger partial charge is 0.465 e. The summed E-state index contributed by atoms with van der Waals surface area (Å²) in [5.74, 6) is 0. The molecule has 0 atom stereocenters. The molecule has 0 aliphatic heterocycles. The molecule has 1 amide bonds. The highest BCUT2D eigenvalue weighted by Gasteiger charge is 2.37. The van der Waals surface area contributed by atoms with Gasteiger partial charge < -0.3 is 10.4 Å². The summed E-state index contributed by atoms with van der Waals surface area (Å²) < 4.78 is 0. The molecule has 0 unspecified atom stereocenters. The molecule has 1 saturated carbocycles. The van der Waals surface area contributed by atoms with Gasteiger partial charge in [0.1, 0.15) is 0 Å². The van der Waals surface area contributed by atoms with Gasteiger partial charge in [0.05, 0.1) is 0 Å². The Labute approximate surface area is 127 Å². The molecule has 112 valence electrons. The van der Waals surface area contributed by atoms with E-state index in [-0.39, 0.29) is 11.5 Å². The summed E-state index contributed by atoms with van der Waals surface area (Å²) in [4.78, 5) is 13.7. The Morgan fingerprint density at radius 3 is 2.81 bits per heavy atom. The normalized spacial score (nSPS) is 24.9. The van der Waals surface area contributed by atoms with Crippen molar-refractivity contribution in [3.05, 3.63) is 45.3 Å². The van der Waals surface area contributed by atoms with E-state index in [1.54, 1.807) is 6.07 Å². The van der Waals surface area contributed by atoms with Crippen molar-refractivity contribution in [2.75, 3.05) is 6.54 Å². The lowest BCUT2D eigenvalue weighted by molar-refractivity contribution is 0.185. The molecule has 0 aromatic heterocycles. The molecule has 7 heteroatoms. The third kappa shape index (κ3) is 3.80. The molecule has 0 spiro atoms. The number of nitrogens with one attached hydrogen (secondary N) is 1. The lowest BCUT2D eigenvalue weighted by Crippen LogP contribution is -2.43. The zero-order valence-corrected chi connectivity index (χ0v) is 12.3. The van der Waals surface area contributed by atoms with Crippen LogP contribution in [0.1, 0.15) is 31.2 Å². The molecule has 0 saturated heterocycles. The Hall–Kier alpha value is -1.91. The van der Waals surface area contributed by atoms with Crippen LogP contribution < -0.4 is 5.32 Å². The van der Waals surface area contributed by atoms with Crippen LogP contribution in [-0.4, -0.2) is 23.8 Å². The average Bonchev–Trinajstić information content (AvgIpc) is 2.47. The molecule has 1 aromatic rings. The van der Waals surface area contributed by atoms with Gasteiger partial charge in [-0.15, -0.1) is 0 Å². The molecule has 6 nitrogen and oxygen atoms in total. The Bertz CT molecular complexity index is 564. The number of azide groups is 1. The van der Waals surface area contributed by atoms with E-state index in [4.69, 9.17) is 22.2 Å². The Kier molecular flexibility index (Phi) is 4.94. The lowest BCUT2D eigenvalue weighted by Gasteiger charge is -2.39. The van der Waals surface area contributed by atoms with Crippen molar-refractivity contribution < 1.29 is 9.90 Å². The molecule has 1 aliphatic carbocycles. The number of hydrogen-bond acceptors (Lipinski definition) is 2. The zero-order valence-electron chi connectivity index (χ0n) is 11.5. The minimum Gasteiger partial charge on any atom is -0.465 e. The molecule has 1 aromatic carbocycles. The van der Waals surface area contributed by atoms with E-state index in [9.17, 15) is 4.79 Å². The number of carbonyl (C=O) groups is 1. The van der Waals surface area contributed by atoms with Crippen molar-refractivity contribution in [1.82, 2.24) is 5.32 Å². The average molecular weight is 309 g/mol. The number of hydrogen-bond donors (Lipinski definition) is 2. The lowest BCUT2D eigenvalue weighted by atomic mass is 9.68. The summed E-state index contributed by atoms with van der Waals surface area (Å²) in [5.41, 5.74) is 9.27. The van der Waals surface area contributed by atoms with Gasteiger partial charge in [0.25, 0.3) is 0 Å². The maximum absolute atomic E-state index is 10.8. The van der Waals surface area contributed by atoms with Crippen molar-refractivity contribution in [2.24, 2.45) is 5.11 Å². The van der Waals surface area contributed by atoms with Gasteiger partial charge in [-0.2, -0.15) is 0 Å². The van der Waals surface area contributed by atoms with E-state index in [0.717, 1.165) is 31.2 Å². The van der Waals surface area contributed by atoms with Gasteiger partial charge in [-0.05, 0) is 48.9 Å². The topological polar surface area (TPSA) is 98.1 Å². The first kappa shape index (κ1) is 15.5. The molecule has 2 N–H and O–H groups in total. The number of rotatable bonds is 4. The molecule has 21 heavy (non-hydrogen) atoms. The third-order valence-electron chi connectivity index (χ3n) is 4.14. The van der Waals surface area contributed by atoms with E-state index < -0.39 is 6.09 Å². The molecule has 2 rings (SSSR count). The van der Waals surface area contributed by atoms with Crippen molar-refractivity contribution in [3.8, 4) is 0 Å². The molecule has 1 aliphatic rings. The fraction of sp³-hybridized carbons (Fsp3) is 0.500. The molecular weight excluding hydrogens is 292 g/mol. The van der Waals surface area contributed by atoms with Gasteiger partial charge in [-0.1, -0.05) is 28.8 Å². The molecule has 0 heterocycles. The van der Waals surface area contributed by atoms with E-state index in [1.807, 2.05) is 18.2 Å². The first-order chi connectivity index (χ1) is 10.1. The Morgan fingerprint density at radius 2 is 2.24 bits per heavy atom. The van der Waals surface area contributed by atoms with Gasteiger partial charge in [-0.25, -0.2) is 4.79 Å². The van der Waals surface area contributed by atoms with Crippen LogP contribution in [0, 0.1) is 0 Å². The highest BCUT2D eigenvalue weighted by molar-refractivity contribution is 6.30. The number of halogens is 1. The van der Waals surface area contributed by atoms with Crippen molar-refractivity contribution >= 4 is 17.7 Å². The highest BCUT2D eigenvalue weighted by atomic mass is 35.5. The van der Waals surface area contributed by atoms with Crippen LogP contribution >= 0.6 is 11.6 Å². The Morgan fingerprint density at radius 1 is 1.52 bits per heavy atom. The van der Waals surface area contributed by atoms with Crippen LogP contribution in [0.2, 0.25) is 5.02 Å². The smallest absolute Gasteiger partial charge is 0.404 e. The van der Waals surface area contributed by atoms with Crippen molar-refractivity contribution in [2.45, 2.75) is 37.1 Å². The summed E-state index contributed by atoms with van der Waals surface area (Å²) in [5, 5.41) is 15.8. The second-order valence-electron chi connectivity index (χ2n) is 5.39. The minimum absolute atomic E-state index is 0.00728. The van der Waals surface area contributed by atoms with Crippen molar-refractivity contribution in [1.29, 1.82) is 0 Å².